The van der Waals surface area contributed by atoms with E-state index in [4.69, 9.17) is 0 Å². The van der Waals surface area contributed by atoms with Crippen molar-refractivity contribution in [1.29, 1.82) is 21.0 Å². The third-order valence-corrected chi connectivity index (χ3v) is 6.34. The van der Waals surface area contributed by atoms with Crippen LogP contribution in [0.25, 0.3) is 21.5 Å². The first kappa shape index (κ1) is 24.1. The van der Waals surface area contributed by atoms with E-state index in [-0.39, 0.29) is 11.6 Å². The molecule has 38 heavy (non-hydrogen) atoms. The minimum Gasteiger partial charge on any atom is -0.338 e. The topological polar surface area (TPSA) is 126 Å². The average molecular weight is 522 g/mol. The van der Waals surface area contributed by atoms with E-state index in [1.807, 2.05) is 0 Å². The maximum atomic E-state index is 16.2. The molecule has 0 unspecified atom stereocenters. The predicted octanol–water partition coefficient (Wildman–Crippen LogP) is 5.07. The number of hydrogen-bond acceptors (Lipinski definition) is 8. The summed E-state index contributed by atoms with van der Waals surface area (Å²) in [6.07, 6.45) is 0. The Hall–Kier alpha value is -5.60. The van der Waals surface area contributed by atoms with E-state index < -0.39 is 90.3 Å². The summed E-state index contributed by atoms with van der Waals surface area (Å²) < 4.78 is 92.7. The number of nitrogens with one attached hydrogen (secondary N) is 2. The molecule has 0 atom stereocenters. The fourth-order valence-electron chi connectivity index (χ4n) is 4.69. The van der Waals surface area contributed by atoms with Crippen LogP contribution < -0.4 is 20.4 Å². The normalized spacial score (nSPS) is 13.4. The lowest BCUT2D eigenvalue weighted by atomic mass is 9.95. The molecule has 2 aliphatic rings. The summed E-state index contributed by atoms with van der Waals surface area (Å²) in [6.45, 7) is 0. The molecular weight excluding hydrogens is 514 g/mol. The second-order valence-corrected chi connectivity index (χ2v) is 8.09. The number of benzene rings is 3. The monoisotopic (exact) mass is 522 g/mol. The van der Waals surface area contributed by atoms with Crippen molar-refractivity contribution in [1.82, 2.24) is 0 Å². The second-order valence-electron chi connectivity index (χ2n) is 8.09. The van der Waals surface area contributed by atoms with Gasteiger partial charge >= 0.3 is 0 Å². The lowest BCUT2D eigenvalue weighted by Crippen LogP contribution is -2.17. The van der Waals surface area contributed by atoms with Crippen LogP contribution >= 0.6 is 0 Å². The smallest absolute Gasteiger partial charge is 0.185 e. The van der Waals surface area contributed by atoms with Gasteiger partial charge in [0.1, 0.15) is 53.0 Å². The van der Waals surface area contributed by atoms with Gasteiger partial charge in [0.15, 0.2) is 46.0 Å². The first-order valence-electron chi connectivity index (χ1n) is 10.3. The first-order valence-corrected chi connectivity index (χ1v) is 10.3. The first-order chi connectivity index (χ1) is 18.0. The van der Waals surface area contributed by atoms with Crippen molar-refractivity contribution in [2.24, 2.45) is 0 Å². The number of nitriles is 4. The molecule has 0 aliphatic carbocycles. The molecule has 0 aromatic heterocycles. The van der Waals surface area contributed by atoms with Crippen molar-refractivity contribution in [3.63, 3.8) is 0 Å². The van der Waals surface area contributed by atoms with E-state index in [0.717, 1.165) is 23.9 Å². The summed E-state index contributed by atoms with van der Waals surface area (Å²) in [4.78, 5) is 1.74. The highest BCUT2D eigenvalue weighted by Gasteiger charge is 2.39. The molecule has 0 amide bonds. The molecule has 3 aromatic rings. The summed E-state index contributed by atoms with van der Waals surface area (Å²) in [5, 5.41) is 37.3. The number of hydrogen-bond donors (Lipinski definition) is 2. The Labute approximate surface area is 208 Å². The number of fused-ring (bicyclic) bond motifs is 6. The number of anilines is 4. The van der Waals surface area contributed by atoms with Crippen LogP contribution in [0.4, 0.5) is 49.1 Å². The van der Waals surface area contributed by atoms with Gasteiger partial charge in [-0.1, -0.05) is 0 Å². The Kier molecular flexibility index (Phi) is 5.05. The number of allylic oxidation sites excluding steroid dienone is 2. The van der Waals surface area contributed by atoms with Crippen molar-refractivity contribution in [2.45, 2.75) is 0 Å². The van der Waals surface area contributed by atoms with Crippen LogP contribution in [-0.4, -0.2) is 14.1 Å². The van der Waals surface area contributed by atoms with Crippen LogP contribution in [0.3, 0.4) is 0 Å². The Balaban J connectivity index is 2.05. The van der Waals surface area contributed by atoms with Crippen LogP contribution in [0.15, 0.2) is 22.8 Å². The van der Waals surface area contributed by atoms with Crippen molar-refractivity contribution in [3.05, 3.63) is 57.7 Å². The standard InChI is InChI=1S/C24H8F6N8/c1-37-21-17(29)9-10-12(15(27)18(30)22-19(10)35-23(38(22)2)7(3-31)4-32)14(26)13(25)11(9)16(28)20(21)36-24(37)8(5-33)6-34/h35-36H,1-2H3. The largest absolute Gasteiger partial charge is 0.338 e. The molecule has 0 fully saturated rings. The highest BCUT2D eigenvalue weighted by molar-refractivity contribution is 6.20. The van der Waals surface area contributed by atoms with Gasteiger partial charge in [-0.3, -0.25) is 0 Å². The molecule has 0 saturated carbocycles. The maximum Gasteiger partial charge on any atom is 0.185 e. The van der Waals surface area contributed by atoms with E-state index in [1.165, 1.54) is 12.1 Å². The lowest BCUT2D eigenvalue weighted by molar-refractivity contribution is 0.496. The van der Waals surface area contributed by atoms with Gasteiger partial charge in [-0.2, -0.15) is 21.0 Å². The summed E-state index contributed by atoms with van der Waals surface area (Å²) in [7, 11) is 2.29. The van der Waals surface area contributed by atoms with Gasteiger partial charge in [0.2, 0.25) is 0 Å². The van der Waals surface area contributed by atoms with Crippen molar-refractivity contribution < 1.29 is 26.3 Å². The van der Waals surface area contributed by atoms with E-state index in [0.29, 0.717) is 0 Å². The SMILES string of the molecule is CN1C(=C(C#N)C#N)Nc2c1c(F)c1c(c2F)c(F)c(F)c2c(F)c(F)c3c(c21)NC(=C(C#N)C#N)N3C. The molecule has 0 saturated heterocycles. The second kappa shape index (κ2) is 7.95. The van der Waals surface area contributed by atoms with E-state index in [1.54, 1.807) is 12.1 Å². The summed E-state index contributed by atoms with van der Waals surface area (Å²) in [6, 6.07) is 6.16. The van der Waals surface area contributed by atoms with Crippen LogP contribution in [0.5, 0.6) is 0 Å². The fraction of sp³-hybridized carbons (Fsp3) is 0.0833. The Morgan fingerprint density at radius 2 is 0.921 bits per heavy atom. The van der Waals surface area contributed by atoms with Crippen LogP contribution in [0.1, 0.15) is 0 Å². The molecule has 5 rings (SSSR count). The van der Waals surface area contributed by atoms with Crippen molar-refractivity contribution in [2.75, 3.05) is 34.5 Å². The number of rotatable bonds is 0. The molecule has 0 radical (unpaired) electrons. The van der Waals surface area contributed by atoms with Crippen molar-refractivity contribution in [3.8, 4) is 24.3 Å². The summed E-state index contributed by atoms with van der Waals surface area (Å²) >= 11 is 0. The Morgan fingerprint density at radius 1 is 0.526 bits per heavy atom. The van der Waals surface area contributed by atoms with Crippen LogP contribution in [0.2, 0.25) is 0 Å². The summed E-state index contributed by atoms with van der Waals surface area (Å²) in [5.74, 6) is -11.4. The highest BCUT2D eigenvalue weighted by atomic mass is 19.2. The Morgan fingerprint density at radius 3 is 1.39 bits per heavy atom. The van der Waals surface area contributed by atoms with Gasteiger partial charge in [-0.05, 0) is 0 Å². The minimum atomic E-state index is -2.02. The van der Waals surface area contributed by atoms with Crippen molar-refractivity contribution >= 4 is 44.3 Å². The molecule has 0 spiro atoms. The Bertz CT molecular complexity index is 1880. The van der Waals surface area contributed by atoms with Gasteiger partial charge in [0.25, 0.3) is 0 Å². The minimum absolute atomic E-state index is 0.360. The number of halogens is 6. The lowest BCUT2D eigenvalue weighted by Gasteiger charge is -2.18. The third-order valence-electron chi connectivity index (χ3n) is 6.34. The van der Waals surface area contributed by atoms with E-state index >= 15 is 26.3 Å². The molecule has 2 heterocycles. The van der Waals surface area contributed by atoms with E-state index in [9.17, 15) is 21.0 Å². The fourth-order valence-corrected chi connectivity index (χ4v) is 4.69. The predicted molar refractivity (Wildman–Crippen MR) is 122 cm³/mol. The van der Waals surface area contributed by atoms with Gasteiger partial charge in [0, 0.05) is 24.9 Å². The summed E-state index contributed by atoms with van der Waals surface area (Å²) in [5.41, 5.74) is -3.78. The molecule has 2 N–H and O–H groups in total. The van der Waals surface area contributed by atoms with Crippen LogP contribution in [-0.2, 0) is 0 Å². The molecule has 186 valence electrons. The van der Waals surface area contributed by atoms with Gasteiger partial charge < -0.3 is 20.4 Å². The molecule has 0 bridgehead atoms. The molecular formula is C24H8F6N8. The zero-order chi connectivity index (χ0) is 27.8. The molecule has 8 nitrogen and oxygen atoms in total. The zero-order valence-corrected chi connectivity index (χ0v) is 19.0. The van der Waals surface area contributed by atoms with Gasteiger partial charge in [-0.15, -0.1) is 0 Å². The van der Waals surface area contributed by atoms with Gasteiger partial charge in [-0.25, -0.2) is 26.3 Å². The van der Waals surface area contributed by atoms with Crippen LogP contribution in [0, 0.1) is 80.2 Å². The highest BCUT2D eigenvalue weighted by Crippen LogP contribution is 2.53. The average Bonchev–Trinajstić information content (AvgIpc) is 3.42. The molecule has 3 aromatic carbocycles. The maximum absolute atomic E-state index is 16.2. The molecule has 2 aliphatic heterocycles. The third kappa shape index (κ3) is 2.71. The van der Waals surface area contributed by atoms with Gasteiger partial charge in [0.05, 0.1) is 16.5 Å². The molecule has 14 heteroatoms. The number of nitrogens with zero attached hydrogens (tertiary/aromatic N) is 6. The zero-order valence-electron chi connectivity index (χ0n) is 19.0. The quantitative estimate of drug-likeness (QED) is 0.238. The van der Waals surface area contributed by atoms with E-state index in [2.05, 4.69) is 10.6 Å².